The lowest BCUT2D eigenvalue weighted by molar-refractivity contribution is 0.0766. The lowest BCUT2D eigenvalue weighted by Gasteiger charge is -2.18. The maximum Gasteiger partial charge on any atom is 0.258 e. The third-order valence-corrected chi connectivity index (χ3v) is 5.04. The number of carbonyl (C=O) groups is 1. The zero-order valence-electron chi connectivity index (χ0n) is 16.4. The van der Waals surface area contributed by atoms with Gasteiger partial charge in [0.15, 0.2) is 0 Å². The molecule has 0 bridgehead atoms. The number of rotatable bonds is 5. The SMILES string of the molecule is COc1ccc(CN2Cc3nc(-c4c(F)cccc4F)cc(N)c3C2=O)c(OC)c1. The molecule has 1 aliphatic heterocycles. The summed E-state index contributed by atoms with van der Waals surface area (Å²) < 4.78 is 39.0. The molecule has 1 amide bonds. The third kappa shape index (κ3) is 3.30. The molecule has 2 aromatic carbocycles. The first kappa shape index (κ1) is 19.6. The summed E-state index contributed by atoms with van der Waals surface area (Å²) in [4.78, 5) is 18.8. The largest absolute Gasteiger partial charge is 0.497 e. The van der Waals surface area contributed by atoms with Crippen LogP contribution in [0.15, 0.2) is 42.5 Å². The van der Waals surface area contributed by atoms with Crippen molar-refractivity contribution in [3.63, 3.8) is 0 Å². The number of hydrogen-bond acceptors (Lipinski definition) is 5. The normalized spacial score (nSPS) is 12.8. The first-order valence-corrected chi connectivity index (χ1v) is 9.17. The Hall–Kier alpha value is -3.68. The summed E-state index contributed by atoms with van der Waals surface area (Å²) in [5.74, 6) is -0.576. The molecule has 4 rings (SSSR count). The highest BCUT2D eigenvalue weighted by Gasteiger charge is 2.32. The van der Waals surface area contributed by atoms with Crippen molar-refractivity contribution >= 4 is 11.6 Å². The van der Waals surface area contributed by atoms with Crippen LogP contribution in [0.2, 0.25) is 0 Å². The molecule has 2 N–H and O–H groups in total. The Morgan fingerprint density at radius 1 is 1.07 bits per heavy atom. The van der Waals surface area contributed by atoms with Gasteiger partial charge in [0.25, 0.3) is 5.91 Å². The van der Waals surface area contributed by atoms with Gasteiger partial charge in [0, 0.05) is 17.3 Å². The van der Waals surface area contributed by atoms with E-state index < -0.39 is 11.6 Å². The molecule has 0 spiro atoms. The molecule has 30 heavy (non-hydrogen) atoms. The molecule has 0 unspecified atom stereocenters. The Kier molecular flexibility index (Phi) is 4.99. The fourth-order valence-electron chi connectivity index (χ4n) is 3.58. The summed E-state index contributed by atoms with van der Waals surface area (Å²) in [5, 5.41) is 0. The number of halogens is 2. The van der Waals surface area contributed by atoms with Gasteiger partial charge in [-0.25, -0.2) is 13.8 Å². The minimum atomic E-state index is -0.744. The van der Waals surface area contributed by atoms with E-state index in [1.807, 2.05) is 6.07 Å². The standard InChI is InChI=1S/C22H19F2N3O3/c1-29-13-7-6-12(19(8-13)30-2)10-27-11-18-21(22(27)28)16(25)9-17(26-18)20-14(23)4-3-5-15(20)24/h3-9H,10-11H2,1-2H3,(H2,25,26). The average molecular weight is 411 g/mol. The zero-order valence-corrected chi connectivity index (χ0v) is 16.4. The maximum atomic E-state index is 14.2. The van der Waals surface area contributed by atoms with Crippen LogP contribution >= 0.6 is 0 Å². The number of anilines is 1. The van der Waals surface area contributed by atoms with Gasteiger partial charge in [-0.1, -0.05) is 6.07 Å². The van der Waals surface area contributed by atoms with E-state index in [9.17, 15) is 13.6 Å². The number of ether oxygens (including phenoxy) is 2. The van der Waals surface area contributed by atoms with Crippen LogP contribution in [0.4, 0.5) is 14.5 Å². The van der Waals surface area contributed by atoms with Crippen molar-refractivity contribution in [2.45, 2.75) is 13.1 Å². The third-order valence-electron chi connectivity index (χ3n) is 5.04. The summed E-state index contributed by atoms with van der Waals surface area (Å²) in [6.07, 6.45) is 0. The van der Waals surface area contributed by atoms with Crippen molar-refractivity contribution < 1.29 is 23.0 Å². The minimum Gasteiger partial charge on any atom is -0.497 e. The van der Waals surface area contributed by atoms with Gasteiger partial charge in [0.05, 0.1) is 49.8 Å². The highest BCUT2D eigenvalue weighted by atomic mass is 19.1. The first-order chi connectivity index (χ1) is 14.4. The van der Waals surface area contributed by atoms with E-state index in [1.54, 1.807) is 24.1 Å². The van der Waals surface area contributed by atoms with Crippen LogP contribution in [0.3, 0.4) is 0 Å². The molecule has 154 valence electrons. The molecular formula is C22H19F2N3O3. The Morgan fingerprint density at radius 2 is 1.80 bits per heavy atom. The number of aromatic nitrogens is 1. The number of nitrogens with two attached hydrogens (primary N) is 1. The second kappa shape index (κ2) is 7.62. The summed E-state index contributed by atoms with van der Waals surface area (Å²) in [5.41, 5.74) is 7.40. The van der Waals surface area contributed by atoms with Crippen molar-refractivity contribution in [3.05, 3.63) is 70.9 Å². The predicted octanol–water partition coefficient (Wildman–Crippen LogP) is 3.78. The van der Waals surface area contributed by atoms with Gasteiger partial charge in [0.2, 0.25) is 0 Å². The second-order valence-electron chi connectivity index (χ2n) is 6.85. The van der Waals surface area contributed by atoms with Crippen molar-refractivity contribution in [2.24, 2.45) is 0 Å². The predicted molar refractivity (Wildman–Crippen MR) is 107 cm³/mol. The van der Waals surface area contributed by atoms with E-state index in [0.717, 1.165) is 17.7 Å². The lowest BCUT2D eigenvalue weighted by Crippen LogP contribution is -2.24. The highest BCUT2D eigenvalue weighted by molar-refractivity contribution is 6.03. The van der Waals surface area contributed by atoms with Crippen LogP contribution in [0, 0.1) is 11.6 Å². The van der Waals surface area contributed by atoms with Crippen LogP contribution in [0.25, 0.3) is 11.3 Å². The number of benzene rings is 2. The Balaban J connectivity index is 1.68. The van der Waals surface area contributed by atoms with Crippen LogP contribution in [0.5, 0.6) is 11.5 Å². The van der Waals surface area contributed by atoms with Gasteiger partial charge in [-0.15, -0.1) is 0 Å². The molecule has 0 aliphatic carbocycles. The number of carbonyl (C=O) groups excluding carboxylic acids is 1. The van der Waals surface area contributed by atoms with E-state index in [2.05, 4.69) is 4.98 Å². The minimum absolute atomic E-state index is 0.0542. The van der Waals surface area contributed by atoms with E-state index in [-0.39, 0.29) is 41.5 Å². The summed E-state index contributed by atoms with van der Waals surface area (Å²) >= 11 is 0. The lowest BCUT2D eigenvalue weighted by atomic mass is 10.1. The fraction of sp³-hybridized carbons (Fsp3) is 0.182. The van der Waals surface area contributed by atoms with E-state index >= 15 is 0 Å². The topological polar surface area (TPSA) is 77.7 Å². The number of methoxy groups -OCH3 is 2. The van der Waals surface area contributed by atoms with E-state index in [0.29, 0.717) is 17.2 Å². The first-order valence-electron chi connectivity index (χ1n) is 9.17. The Labute approximate surface area is 171 Å². The van der Waals surface area contributed by atoms with Gasteiger partial charge >= 0.3 is 0 Å². The smallest absolute Gasteiger partial charge is 0.258 e. The van der Waals surface area contributed by atoms with Gasteiger partial charge in [-0.2, -0.15) is 0 Å². The molecule has 1 aromatic heterocycles. The molecule has 0 fully saturated rings. The van der Waals surface area contributed by atoms with Crippen LogP contribution < -0.4 is 15.2 Å². The molecule has 6 nitrogen and oxygen atoms in total. The molecule has 8 heteroatoms. The molecule has 0 saturated carbocycles. The quantitative estimate of drug-likeness (QED) is 0.691. The highest BCUT2D eigenvalue weighted by Crippen LogP contribution is 2.34. The van der Waals surface area contributed by atoms with E-state index in [4.69, 9.17) is 15.2 Å². The monoisotopic (exact) mass is 411 g/mol. The molecule has 1 aliphatic rings. The summed E-state index contributed by atoms with van der Waals surface area (Å²) in [6.45, 7) is 0.419. The zero-order chi connectivity index (χ0) is 21.4. The van der Waals surface area contributed by atoms with Crippen molar-refractivity contribution in [1.82, 2.24) is 9.88 Å². The van der Waals surface area contributed by atoms with Crippen molar-refractivity contribution in [3.8, 4) is 22.8 Å². The van der Waals surface area contributed by atoms with Crippen molar-refractivity contribution in [1.29, 1.82) is 0 Å². The molecule has 0 saturated heterocycles. The fourth-order valence-corrected chi connectivity index (χ4v) is 3.58. The van der Waals surface area contributed by atoms with Gasteiger partial charge in [-0.05, 0) is 30.3 Å². The number of nitrogen functional groups attached to an aromatic ring is 1. The Bertz CT molecular complexity index is 1130. The van der Waals surface area contributed by atoms with Crippen molar-refractivity contribution in [2.75, 3.05) is 20.0 Å². The van der Waals surface area contributed by atoms with Crippen LogP contribution in [-0.4, -0.2) is 30.0 Å². The van der Waals surface area contributed by atoms with E-state index in [1.165, 1.54) is 19.2 Å². The number of nitrogens with zero attached hydrogens (tertiary/aromatic N) is 2. The summed E-state index contributed by atoms with van der Waals surface area (Å²) in [7, 11) is 3.09. The van der Waals surface area contributed by atoms with Gasteiger partial charge in [-0.3, -0.25) is 4.79 Å². The van der Waals surface area contributed by atoms with Gasteiger partial charge < -0.3 is 20.1 Å². The van der Waals surface area contributed by atoms with Gasteiger partial charge in [0.1, 0.15) is 23.1 Å². The number of hydrogen-bond donors (Lipinski definition) is 1. The summed E-state index contributed by atoms with van der Waals surface area (Å²) in [6, 6.07) is 10.2. The average Bonchev–Trinajstić information content (AvgIpc) is 3.04. The molecular weight excluding hydrogens is 392 g/mol. The molecule has 2 heterocycles. The molecule has 3 aromatic rings. The molecule has 0 radical (unpaired) electrons. The molecule has 0 atom stereocenters. The number of pyridine rings is 1. The van der Waals surface area contributed by atoms with Crippen LogP contribution in [0.1, 0.15) is 21.6 Å². The maximum absolute atomic E-state index is 14.2. The number of fused-ring (bicyclic) bond motifs is 1. The second-order valence-corrected chi connectivity index (χ2v) is 6.85. The van der Waals surface area contributed by atoms with Crippen LogP contribution in [-0.2, 0) is 13.1 Å². The Morgan fingerprint density at radius 3 is 2.47 bits per heavy atom. The number of amides is 1.